The summed E-state index contributed by atoms with van der Waals surface area (Å²) < 4.78 is 1.88. The quantitative estimate of drug-likeness (QED) is 0.825. The Morgan fingerprint density at radius 1 is 1.24 bits per heavy atom. The molecule has 17 heavy (non-hydrogen) atoms. The van der Waals surface area contributed by atoms with E-state index in [-0.39, 0.29) is 6.04 Å². The van der Waals surface area contributed by atoms with Crippen LogP contribution in [-0.4, -0.2) is 31.3 Å². The maximum atomic E-state index is 4.32. The number of aromatic nitrogens is 5. The van der Waals surface area contributed by atoms with Gasteiger partial charge in [0.25, 0.3) is 0 Å². The Balaban J connectivity index is 2.36. The molecule has 0 bridgehead atoms. The highest BCUT2D eigenvalue weighted by atomic mass is 15.3. The van der Waals surface area contributed by atoms with Crippen molar-refractivity contribution in [2.75, 3.05) is 6.54 Å². The van der Waals surface area contributed by atoms with Crippen molar-refractivity contribution in [2.24, 2.45) is 0 Å². The van der Waals surface area contributed by atoms with Crippen LogP contribution in [0, 0.1) is 0 Å². The highest BCUT2D eigenvalue weighted by Crippen LogP contribution is 2.18. The van der Waals surface area contributed by atoms with Crippen LogP contribution in [0.2, 0.25) is 0 Å². The van der Waals surface area contributed by atoms with E-state index < -0.39 is 0 Å². The first-order chi connectivity index (χ1) is 8.36. The zero-order valence-electron chi connectivity index (χ0n) is 10.0. The lowest BCUT2D eigenvalue weighted by molar-refractivity contribution is 0.529. The molecule has 1 atom stereocenters. The first kappa shape index (κ1) is 11.7. The van der Waals surface area contributed by atoms with Crippen LogP contribution in [0.25, 0.3) is 0 Å². The molecule has 0 aliphatic carbocycles. The van der Waals surface area contributed by atoms with Crippen LogP contribution >= 0.6 is 0 Å². The second kappa shape index (κ2) is 5.49. The molecule has 0 aliphatic heterocycles. The van der Waals surface area contributed by atoms with Crippen molar-refractivity contribution < 1.29 is 0 Å². The SMILES string of the molecule is CCNC(c1cncnc1)c1ncnn1CC. The molecule has 2 aromatic heterocycles. The van der Waals surface area contributed by atoms with Crippen molar-refractivity contribution in [3.05, 3.63) is 36.4 Å². The summed E-state index contributed by atoms with van der Waals surface area (Å²) in [6, 6.07) is -0.0105. The molecule has 6 nitrogen and oxygen atoms in total. The average Bonchev–Trinajstić information content (AvgIpc) is 2.85. The molecule has 1 N–H and O–H groups in total. The number of aryl methyl sites for hydroxylation is 1. The van der Waals surface area contributed by atoms with E-state index in [0.29, 0.717) is 0 Å². The van der Waals surface area contributed by atoms with Gasteiger partial charge in [-0.05, 0) is 13.5 Å². The molecular weight excluding hydrogens is 216 g/mol. The molecule has 0 saturated heterocycles. The minimum absolute atomic E-state index is 0.0105. The molecule has 0 spiro atoms. The molecule has 0 fully saturated rings. The van der Waals surface area contributed by atoms with E-state index in [9.17, 15) is 0 Å². The summed E-state index contributed by atoms with van der Waals surface area (Å²) in [4.78, 5) is 12.4. The molecule has 0 aliphatic rings. The summed E-state index contributed by atoms with van der Waals surface area (Å²) in [6.07, 6.45) is 6.70. The van der Waals surface area contributed by atoms with Crippen LogP contribution < -0.4 is 5.32 Å². The van der Waals surface area contributed by atoms with Crippen LogP contribution in [0.15, 0.2) is 25.0 Å². The number of nitrogens with zero attached hydrogens (tertiary/aromatic N) is 5. The van der Waals surface area contributed by atoms with Crippen molar-refractivity contribution in [2.45, 2.75) is 26.4 Å². The third kappa shape index (κ3) is 2.47. The standard InChI is InChI=1S/C11H16N6/c1-3-14-10(9-5-12-7-13-6-9)11-15-8-16-17(11)4-2/h5-8,10,14H,3-4H2,1-2H3. The van der Waals surface area contributed by atoms with Gasteiger partial charge >= 0.3 is 0 Å². The minimum Gasteiger partial charge on any atom is -0.304 e. The molecule has 0 aromatic carbocycles. The van der Waals surface area contributed by atoms with Crippen LogP contribution in [-0.2, 0) is 6.54 Å². The molecule has 2 rings (SSSR count). The summed E-state index contributed by atoms with van der Waals surface area (Å²) in [6.45, 7) is 5.74. The van der Waals surface area contributed by atoms with E-state index in [1.165, 1.54) is 6.33 Å². The number of nitrogens with one attached hydrogen (secondary N) is 1. The van der Waals surface area contributed by atoms with Gasteiger partial charge in [0.2, 0.25) is 0 Å². The van der Waals surface area contributed by atoms with E-state index >= 15 is 0 Å². The van der Waals surface area contributed by atoms with Crippen LogP contribution in [0.3, 0.4) is 0 Å². The van der Waals surface area contributed by atoms with Gasteiger partial charge in [0.05, 0.1) is 6.04 Å². The maximum Gasteiger partial charge on any atom is 0.148 e. The van der Waals surface area contributed by atoms with Gasteiger partial charge in [0.15, 0.2) is 0 Å². The van der Waals surface area contributed by atoms with Crippen LogP contribution in [0.4, 0.5) is 0 Å². The molecule has 0 amide bonds. The van der Waals surface area contributed by atoms with Gasteiger partial charge < -0.3 is 5.32 Å². The zero-order chi connectivity index (χ0) is 12.1. The number of hydrogen-bond donors (Lipinski definition) is 1. The molecule has 1 unspecified atom stereocenters. The zero-order valence-corrected chi connectivity index (χ0v) is 10.0. The third-order valence-electron chi connectivity index (χ3n) is 2.53. The Labute approximate surface area is 100 Å². The van der Waals surface area contributed by atoms with E-state index in [1.807, 2.05) is 11.6 Å². The molecule has 90 valence electrons. The predicted octanol–water partition coefficient (Wildman–Crippen LogP) is 0.787. The monoisotopic (exact) mass is 232 g/mol. The number of hydrogen-bond acceptors (Lipinski definition) is 5. The average molecular weight is 232 g/mol. The van der Waals surface area contributed by atoms with Gasteiger partial charge in [-0.15, -0.1) is 0 Å². The fourth-order valence-corrected chi connectivity index (χ4v) is 1.76. The summed E-state index contributed by atoms with van der Waals surface area (Å²) in [5.74, 6) is 0.893. The lowest BCUT2D eigenvalue weighted by atomic mass is 10.1. The maximum absolute atomic E-state index is 4.32. The second-order valence-corrected chi connectivity index (χ2v) is 3.60. The van der Waals surface area contributed by atoms with E-state index in [0.717, 1.165) is 24.5 Å². The lowest BCUT2D eigenvalue weighted by Gasteiger charge is -2.17. The van der Waals surface area contributed by atoms with Gasteiger partial charge in [-0.2, -0.15) is 5.10 Å². The Morgan fingerprint density at radius 3 is 2.65 bits per heavy atom. The van der Waals surface area contributed by atoms with Gasteiger partial charge in [0.1, 0.15) is 18.5 Å². The fourth-order valence-electron chi connectivity index (χ4n) is 1.76. The van der Waals surface area contributed by atoms with Crippen molar-refractivity contribution in [1.29, 1.82) is 0 Å². The van der Waals surface area contributed by atoms with Gasteiger partial charge in [-0.1, -0.05) is 6.92 Å². The highest BCUT2D eigenvalue weighted by Gasteiger charge is 2.18. The Morgan fingerprint density at radius 2 is 2.00 bits per heavy atom. The first-order valence-electron chi connectivity index (χ1n) is 5.72. The topological polar surface area (TPSA) is 68.5 Å². The Kier molecular flexibility index (Phi) is 3.77. The molecular formula is C11H16N6. The predicted molar refractivity (Wildman–Crippen MR) is 63.2 cm³/mol. The Bertz CT molecular complexity index is 452. The highest BCUT2D eigenvalue weighted by molar-refractivity contribution is 5.18. The number of rotatable bonds is 5. The van der Waals surface area contributed by atoms with Crippen molar-refractivity contribution >= 4 is 0 Å². The van der Waals surface area contributed by atoms with E-state index in [2.05, 4.69) is 32.3 Å². The second-order valence-electron chi connectivity index (χ2n) is 3.60. The summed E-state index contributed by atoms with van der Waals surface area (Å²) in [5, 5.41) is 7.56. The molecule has 0 saturated carbocycles. The molecule has 6 heteroatoms. The Hall–Kier alpha value is -1.82. The normalized spacial score (nSPS) is 12.6. The van der Waals surface area contributed by atoms with Crippen molar-refractivity contribution in [3.63, 3.8) is 0 Å². The molecule has 0 radical (unpaired) electrons. The van der Waals surface area contributed by atoms with E-state index in [1.54, 1.807) is 18.7 Å². The minimum atomic E-state index is -0.0105. The summed E-state index contributed by atoms with van der Waals surface area (Å²) in [5.41, 5.74) is 0.997. The molecule has 2 heterocycles. The van der Waals surface area contributed by atoms with Gasteiger partial charge in [-0.25, -0.2) is 19.6 Å². The van der Waals surface area contributed by atoms with Gasteiger partial charge in [0, 0.05) is 24.5 Å². The first-order valence-corrected chi connectivity index (χ1v) is 5.72. The van der Waals surface area contributed by atoms with Crippen LogP contribution in [0.1, 0.15) is 31.3 Å². The third-order valence-corrected chi connectivity index (χ3v) is 2.53. The summed E-state index contributed by atoms with van der Waals surface area (Å²) in [7, 11) is 0. The van der Waals surface area contributed by atoms with Crippen molar-refractivity contribution in [3.8, 4) is 0 Å². The van der Waals surface area contributed by atoms with Crippen molar-refractivity contribution in [1.82, 2.24) is 30.0 Å². The smallest absolute Gasteiger partial charge is 0.148 e. The van der Waals surface area contributed by atoms with E-state index in [4.69, 9.17) is 0 Å². The van der Waals surface area contributed by atoms with Gasteiger partial charge in [-0.3, -0.25) is 0 Å². The fraction of sp³-hybridized carbons (Fsp3) is 0.455. The lowest BCUT2D eigenvalue weighted by Crippen LogP contribution is -2.25. The molecule has 2 aromatic rings. The van der Waals surface area contributed by atoms with Crippen LogP contribution in [0.5, 0.6) is 0 Å². The summed E-state index contributed by atoms with van der Waals surface area (Å²) >= 11 is 0. The largest absolute Gasteiger partial charge is 0.304 e.